The molecule has 1 aromatic carbocycles. The molecule has 0 bridgehead atoms. The van der Waals surface area contributed by atoms with E-state index in [1.807, 2.05) is 0 Å². The number of aromatic nitrogens is 1. The van der Waals surface area contributed by atoms with E-state index in [0.717, 1.165) is 0 Å². The molecule has 0 saturated heterocycles. The minimum absolute atomic E-state index is 0.342. The Balaban J connectivity index is 2.64. The molecule has 1 heterocycles. The lowest BCUT2D eigenvalue weighted by Crippen LogP contribution is -1.91. The fourth-order valence-corrected chi connectivity index (χ4v) is 1.58. The van der Waals surface area contributed by atoms with E-state index in [0.29, 0.717) is 21.8 Å². The zero-order valence-corrected chi connectivity index (χ0v) is 8.50. The first kappa shape index (κ1) is 9.93. The van der Waals surface area contributed by atoms with Gasteiger partial charge in [0.05, 0.1) is 11.9 Å². The summed E-state index contributed by atoms with van der Waals surface area (Å²) in [6, 6.07) is 5.87. The highest BCUT2D eigenvalue weighted by molar-refractivity contribution is 6.33. The van der Waals surface area contributed by atoms with E-state index < -0.39 is 0 Å². The number of nitrogen functional groups attached to an aromatic ring is 1. The molecule has 2 aromatic rings. The van der Waals surface area contributed by atoms with Gasteiger partial charge in [0, 0.05) is 22.3 Å². The van der Waals surface area contributed by atoms with Crippen LogP contribution in [-0.2, 0) is 0 Å². The van der Waals surface area contributed by atoms with Gasteiger partial charge in [-0.1, -0.05) is 11.6 Å². The maximum absolute atomic E-state index is 13.0. The molecule has 0 amide bonds. The van der Waals surface area contributed by atoms with Crippen molar-refractivity contribution in [1.82, 2.24) is 4.98 Å². The predicted molar refractivity (Wildman–Crippen MR) is 59.1 cm³/mol. The Morgan fingerprint density at radius 1 is 1.20 bits per heavy atom. The summed E-state index contributed by atoms with van der Waals surface area (Å²) in [5.74, 6) is -0.342. The van der Waals surface area contributed by atoms with Gasteiger partial charge in [-0.3, -0.25) is 4.98 Å². The van der Waals surface area contributed by atoms with Crippen molar-refractivity contribution >= 4 is 17.3 Å². The first-order chi connectivity index (χ1) is 7.18. The third-order valence-electron chi connectivity index (χ3n) is 2.07. The third kappa shape index (κ3) is 1.92. The maximum atomic E-state index is 13.0. The monoisotopic (exact) mass is 222 g/mol. The van der Waals surface area contributed by atoms with E-state index in [-0.39, 0.29) is 5.82 Å². The van der Waals surface area contributed by atoms with E-state index in [1.54, 1.807) is 12.3 Å². The molecule has 15 heavy (non-hydrogen) atoms. The van der Waals surface area contributed by atoms with Gasteiger partial charge in [0.25, 0.3) is 0 Å². The fourth-order valence-electron chi connectivity index (χ4n) is 1.36. The van der Waals surface area contributed by atoms with E-state index in [1.165, 1.54) is 24.4 Å². The largest absolute Gasteiger partial charge is 0.397 e. The van der Waals surface area contributed by atoms with Crippen molar-refractivity contribution < 1.29 is 4.39 Å². The quantitative estimate of drug-likeness (QED) is 0.805. The Kier molecular flexibility index (Phi) is 2.56. The summed E-state index contributed by atoms with van der Waals surface area (Å²) < 4.78 is 13.0. The average Bonchev–Trinajstić information content (AvgIpc) is 2.23. The van der Waals surface area contributed by atoms with Crippen LogP contribution >= 0.6 is 11.6 Å². The lowest BCUT2D eigenvalue weighted by atomic mass is 10.1. The molecule has 4 heteroatoms. The second-order valence-electron chi connectivity index (χ2n) is 3.09. The van der Waals surface area contributed by atoms with Crippen molar-refractivity contribution in [1.29, 1.82) is 0 Å². The summed E-state index contributed by atoms with van der Waals surface area (Å²) in [5, 5.41) is 0.467. The van der Waals surface area contributed by atoms with Gasteiger partial charge in [0.2, 0.25) is 0 Å². The number of rotatable bonds is 1. The number of hydrogen-bond donors (Lipinski definition) is 1. The van der Waals surface area contributed by atoms with Crippen molar-refractivity contribution in [3.05, 3.63) is 47.5 Å². The van der Waals surface area contributed by atoms with E-state index >= 15 is 0 Å². The van der Waals surface area contributed by atoms with Gasteiger partial charge in [-0.05, 0) is 24.3 Å². The summed E-state index contributed by atoms with van der Waals surface area (Å²) in [7, 11) is 0. The molecule has 2 rings (SSSR count). The van der Waals surface area contributed by atoms with Crippen LogP contribution in [0.25, 0.3) is 11.1 Å². The average molecular weight is 223 g/mol. The van der Waals surface area contributed by atoms with Crippen molar-refractivity contribution in [2.75, 3.05) is 5.73 Å². The van der Waals surface area contributed by atoms with Crippen LogP contribution in [0.4, 0.5) is 10.1 Å². The number of nitrogens with zero attached hydrogens (tertiary/aromatic N) is 1. The van der Waals surface area contributed by atoms with Gasteiger partial charge in [-0.25, -0.2) is 4.39 Å². The highest BCUT2D eigenvalue weighted by Crippen LogP contribution is 2.31. The molecule has 2 N–H and O–H groups in total. The van der Waals surface area contributed by atoms with Crippen molar-refractivity contribution in [3.63, 3.8) is 0 Å². The Hall–Kier alpha value is -1.61. The van der Waals surface area contributed by atoms with Crippen molar-refractivity contribution in [2.45, 2.75) is 0 Å². The first-order valence-corrected chi connectivity index (χ1v) is 4.71. The standard InChI is InChI=1S/C11H8ClFN2/c12-10-2-1-7(13)5-9(10)8-3-4-15-6-11(8)14/h1-6H,14H2. The molecule has 0 aliphatic carbocycles. The van der Waals surface area contributed by atoms with Gasteiger partial charge in [0.15, 0.2) is 0 Å². The molecule has 0 spiro atoms. The zero-order chi connectivity index (χ0) is 10.8. The lowest BCUT2D eigenvalue weighted by Gasteiger charge is -2.06. The summed E-state index contributed by atoms with van der Waals surface area (Å²) in [4.78, 5) is 3.86. The van der Waals surface area contributed by atoms with E-state index in [2.05, 4.69) is 4.98 Å². The molecule has 2 nitrogen and oxygen atoms in total. The summed E-state index contributed by atoms with van der Waals surface area (Å²) in [6.45, 7) is 0. The number of halogens is 2. The molecular weight excluding hydrogens is 215 g/mol. The number of benzene rings is 1. The topological polar surface area (TPSA) is 38.9 Å². The summed E-state index contributed by atoms with van der Waals surface area (Å²) in [6.07, 6.45) is 3.10. The zero-order valence-electron chi connectivity index (χ0n) is 7.74. The number of pyridine rings is 1. The van der Waals surface area contributed by atoms with Gasteiger partial charge in [0.1, 0.15) is 5.82 Å². The summed E-state index contributed by atoms with van der Waals surface area (Å²) in [5.41, 5.74) is 7.47. The highest BCUT2D eigenvalue weighted by atomic mass is 35.5. The molecule has 0 aliphatic rings. The molecular formula is C11H8ClFN2. The third-order valence-corrected chi connectivity index (χ3v) is 2.40. The Morgan fingerprint density at radius 2 is 2.00 bits per heavy atom. The van der Waals surface area contributed by atoms with Crippen LogP contribution in [0.15, 0.2) is 36.7 Å². The Labute approximate surface area is 91.5 Å². The SMILES string of the molecule is Nc1cnccc1-c1cc(F)ccc1Cl. The van der Waals surface area contributed by atoms with E-state index in [4.69, 9.17) is 17.3 Å². The molecule has 0 aliphatic heterocycles. The Morgan fingerprint density at radius 3 is 2.73 bits per heavy atom. The van der Waals surface area contributed by atoms with Crippen LogP contribution in [-0.4, -0.2) is 4.98 Å². The maximum Gasteiger partial charge on any atom is 0.123 e. The first-order valence-electron chi connectivity index (χ1n) is 4.33. The molecule has 0 unspecified atom stereocenters. The van der Waals surface area contributed by atoms with Crippen molar-refractivity contribution in [2.24, 2.45) is 0 Å². The van der Waals surface area contributed by atoms with E-state index in [9.17, 15) is 4.39 Å². The van der Waals surface area contributed by atoms with Crippen molar-refractivity contribution in [3.8, 4) is 11.1 Å². The lowest BCUT2D eigenvalue weighted by molar-refractivity contribution is 0.628. The second kappa shape index (κ2) is 3.87. The summed E-state index contributed by atoms with van der Waals surface area (Å²) >= 11 is 5.96. The molecule has 0 saturated carbocycles. The number of hydrogen-bond acceptors (Lipinski definition) is 2. The van der Waals surface area contributed by atoms with Crippen LogP contribution in [0.2, 0.25) is 5.02 Å². The number of nitrogens with two attached hydrogens (primary N) is 1. The fraction of sp³-hybridized carbons (Fsp3) is 0. The normalized spacial score (nSPS) is 10.3. The van der Waals surface area contributed by atoms with Crippen LogP contribution in [0.3, 0.4) is 0 Å². The van der Waals surface area contributed by atoms with Crippen LogP contribution < -0.4 is 5.73 Å². The number of anilines is 1. The second-order valence-corrected chi connectivity index (χ2v) is 3.49. The molecule has 0 radical (unpaired) electrons. The van der Waals surface area contributed by atoms with Crippen LogP contribution in [0.1, 0.15) is 0 Å². The minimum atomic E-state index is -0.342. The van der Waals surface area contributed by atoms with Gasteiger partial charge >= 0.3 is 0 Å². The van der Waals surface area contributed by atoms with Crippen LogP contribution in [0.5, 0.6) is 0 Å². The highest BCUT2D eigenvalue weighted by Gasteiger charge is 2.07. The molecule has 0 fully saturated rings. The minimum Gasteiger partial charge on any atom is -0.397 e. The Bertz CT molecular complexity index is 500. The smallest absolute Gasteiger partial charge is 0.123 e. The van der Waals surface area contributed by atoms with Gasteiger partial charge in [-0.15, -0.1) is 0 Å². The molecule has 1 aromatic heterocycles. The van der Waals surface area contributed by atoms with Gasteiger partial charge in [-0.2, -0.15) is 0 Å². The molecule has 0 atom stereocenters. The predicted octanol–water partition coefficient (Wildman–Crippen LogP) is 3.12. The van der Waals surface area contributed by atoms with Gasteiger partial charge < -0.3 is 5.73 Å². The van der Waals surface area contributed by atoms with Crippen LogP contribution in [0, 0.1) is 5.82 Å². The molecule has 76 valence electrons.